The number of nitrogens with zero attached hydrogens (tertiary/aromatic N) is 2. The zero-order chi connectivity index (χ0) is 22.3. The molecule has 0 unspecified atom stereocenters. The predicted octanol–water partition coefficient (Wildman–Crippen LogP) is 5.07. The van der Waals surface area contributed by atoms with Gasteiger partial charge in [0.15, 0.2) is 4.90 Å². The zero-order valence-electron chi connectivity index (χ0n) is 17.4. The molecule has 0 amide bonds. The molecule has 0 radical (unpaired) electrons. The van der Waals surface area contributed by atoms with Crippen LogP contribution in [0.5, 0.6) is 5.88 Å². The van der Waals surface area contributed by atoms with E-state index in [0.29, 0.717) is 4.47 Å². The van der Waals surface area contributed by atoms with Gasteiger partial charge < -0.3 is 4.74 Å². The fraction of sp³-hybridized carbons (Fsp3) is 0.273. The molecule has 0 saturated heterocycles. The molecule has 1 aromatic heterocycles. The second kappa shape index (κ2) is 8.00. The molecule has 6 nitrogen and oxygen atoms in total. The van der Waals surface area contributed by atoms with Crippen LogP contribution in [0.3, 0.4) is 0 Å². The highest BCUT2D eigenvalue weighted by atomic mass is 79.9. The highest BCUT2D eigenvalue weighted by Gasteiger charge is 2.35. The summed E-state index contributed by atoms with van der Waals surface area (Å²) < 4.78 is 34.6. The third kappa shape index (κ3) is 4.20. The van der Waals surface area contributed by atoms with Crippen LogP contribution in [0.2, 0.25) is 0 Å². The molecule has 0 bridgehead atoms. The van der Waals surface area contributed by atoms with Gasteiger partial charge in [-0.25, -0.2) is 17.9 Å². The highest BCUT2D eigenvalue weighted by Crippen LogP contribution is 2.36. The van der Waals surface area contributed by atoms with Crippen LogP contribution in [0.1, 0.15) is 42.4 Å². The molecule has 2 aromatic carbocycles. The fourth-order valence-electron chi connectivity index (χ4n) is 2.95. The van der Waals surface area contributed by atoms with E-state index in [1.54, 1.807) is 43.3 Å². The molecule has 0 atom stereocenters. The molecule has 1 heterocycles. The molecule has 0 spiro atoms. The lowest BCUT2D eigenvalue weighted by Crippen LogP contribution is -2.26. The van der Waals surface area contributed by atoms with E-state index in [2.05, 4.69) is 21.0 Å². The number of sulfone groups is 1. The molecular weight excluding hydrogens is 468 g/mol. The molecule has 3 rings (SSSR count). The smallest absolute Gasteiger partial charge is 0.346 e. The van der Waals surface area contributed by atoms with Crippen molar-refractivity contribution in [2.75, 3.05) is 0 Å². The Morgan fingerprint density at radius 1 is 1.03 bits per heavy atom. The van der Waals surface area contributed by atoms with E-state index in [9.17, 15) is 13.2 Å². The quantitative estimate of drug-likeness (QED) is 0.477. The lowest BCUT2D eigenvalue weighted by molar-refractivity contribution is 0.0702. The monoisotopic (exact) mass is 490 g/mol. The number of halogens is 1. The lowest BCUT2D eigenvalue weighted by atomic mass is 10.1. The summed E-state index contributed by atoms with van der Waals surface area (Å²) in [4.78, 5) is 12.9. The largest absolute Gasteiger partial charge is 0.403 e. The Labute approximate surface area is 184 Å². The molecule has 0 fully saturated rings. The summed E-state index contributed by atoms with van der Waals surface area (Å²) in [5.41, 5.74) is 0.877. The minimum Gasteiger partial charge on any atom is -0.403 e. The maximum Gasteiger partial charge on any atom is 0.346 e. The first-order chi connectivity index (χ1) is 13.9. The summed E-state index contributed by atoms with van der Waals surface area (Å²) >= 11 is 3.33. The number of benzene rings is 2. The van der Waals surface area contributed by atoms with Gasteiger partial charge in [0, 0.05) is 4.47 Å². The molecule has 0 N–H and O–H groups in total. The Hall–Kier alpha value is -2.45. The van der Waals surface area contributed by atoms with Crippen molar-refractivity contribution in [3.8, 4) is 5.88 Å². The molecule has 30 heavy (non-hydrogen) atoms. The normalized spacial score (nSPS) is 12.1. The number of hydrogen-bond donors (Lipinski definition) is 0. The Bertz CT molecular complexity index is 1210. The first kappa shape index (κ1) is 22.2. The summed E-state index contributed by atoms with van der Waals surface area (Å²) in [6.07, 6.45) is 0. The summed E-state index contributed by atoms with van der Waals surface area (Å²) in [6, 6.07) is 13.3. The maximum atomic E-state index is 13.5. The standard InChI is InChI=1S/C22H23BrN2O4S/c1-14-10-12-16(13-11-14)30(27,28)19-15(2)24-25(22(3,4)5)20(19)29-21(26)17-8-6-7-9-18(17)23/h6-13H,1-5H3. The van der Waals surface area contributed by atoms with Crippen LogP contribution in [0.4, 0.5) is 0 Å². The van der Waals surface area contributed by atoms with Crippen LogP contribution < -0.4 is 4.74 Å². The van der Waals surface area contributed by atoms with Gasteiger partial charge >= 0.3 is 5.97 Å². The average molecular weight is 491 g/mol. The second-order valence-corrected chi connectivity index (χ2v) is 10.7. The van der Waals surface area contributed by atoms with Crippen molar-refractivity contribution in [2.45, 2.75) is 49.9 Å². The van der Waals surface area contributed by atoms with Gasteiger partial charge in [0.1, 0.15) is 0 Å². The zero-order valence-corrected chi connectivity index (χ0v) is 19.8. The lowest BCUT2D eigenvalue weighted by Gasteiger charge is -2.22. The maximum absolute atomic E-state index is 13.5. The van der Waals surface area contributed by atoms with Crippen LogP contribution in [-0.4, -0.2) is 24.2 Å². The molecule has 0 saturated carbocycles. The molecule has 158 valence electrons. The number of ether oxygens (including phenoxy) is 1. The van der Waals surface area contributed by atoms with Crippen molar-refractivity contribution in [3.05, 3.63) is 69.8 Å². The van der Waals surface area contributed by atoms with E-state index >= 15 is 0 Å². The number of carbonyl (C=O) groups excluding carboxylic acids is 1. The number of hydrogen-bond acceptors (Lipinski definition) is 5. The van der Waals surface area contributed by atoms with Gasteiger partial charge in [0.2, 0.25) is 15.7 Å². The fourth-order valence-corrected chi connectivity index (χ4v) is 4.91. The van der Waals surface area contributed by atoms with E-state index in [0.717, 1.165) is 5.56 Å². The van der Waals surface area contributed by atoms with Crippen molar-refractivity contribution < 1.29 is 17.9 Å². The Kier molecular flexibility index (Phi) is 5.93. The van der Waals surface area contributed by atoms with Gasteiger partial charge in [-0.3, -0.25) is 0 Å². The van der Waals surface area contributed by atoms with Gasteiger partial charge in [-0.15, -0.1) is 0 Å². The van der Waals surface area contributed by atoms with Crippen molar-refractivity contribution in [2.24, 2.45) is 0 Å². The molecule has 3 aromatic rings. The Morgan fingerprint density at radius 3 is 2.20 bits per heavy atom. The summed E-state index contributed by atoms with van der Waals surface area (Å²) in [5.74, 6) is -0.769. The molecule has 0 aliphatic rings. The number of aryl methyl sites for hydroxylation is 2. The molecule has 0 aliphatic carbocycles. The van der Waals surface area contributed by atoms with Crippen LogP contribution in [-0.2, 0) is 15.4 Å². The van der Waals surface area contributed by atoms with Crippen molar-refractivity contribution in [1.29, 1.82) is 0 Å². The molecular formula is C22H23BrN2O4S. The van der Waals surface area contributed by atoms with E-state index in [1.165, 1.54) is 16.8 Å². The minimum absolute atomic E-state index is 0.0960. The van der Waals surface area contributed by atoms with Gasteiger partial charge in [0.05, 0.1) is 21.7 Å². The van der Waals surface area contributed by atoms with Crippen molar-refractivity contribution in [1.82, 2.24) is 9.78 Å². The van der Waals surface area contributed by atoms with E-state index in [-0.39, 0.29) is 26.9 Å². The van der Waals surface area contributed by atoms with Crippen LogP contribution >= 0.6 is 15.9 Å². The van der Waals surface area contributed by atoms with Gasteiger partial charge in [-0.2, -0.15) is 5.10 Å². The van der Waals surface area contributed by atoms with Crippen LogP contribution in [0.15, 0.2) is 62.8 Å². The number of carbonyl (C=O) groups is 1. The molecule has 0 aliphatic heterocycles. The first-order valence-electron chi connectivity index (χ1n) is 9.31. The summed E-state index contributed by atoms with van der Waals surface area (Å²) in [7, 11) is -3.97. The van der Waals surface area contributed by atoms with Gasteiger partial charge in [-0.05, 0) is 74.8 Å². The van der Waals surface area contributed by atoms with Gasteiger partial charge in [0.25, 0.3) is 0 Å². The summed E-state index contributed by atoms with van der Waals surface area (Å²) in [6.45, 7) is 9.05. The average Bonchev–Trinajstić information content (AvgIpc) is 2.99. The highest BCUT2D eigenvalue weighted by molar-refractivity contribution is 9.10. The van der Waals surface area contributed by atoms with Crippen molar-refractivity contribution in [3.63, 3.8) is 0 Å². The Morgan fingerprint density at radius 2 is 1.63 bits per heavy atom. The predicted molar refractivity (Wildman–Crippen MR) is 118 cm³/mol. The third-order valence-corrected chi connectivity index (χ3v) is 7.08. The van der Waals surface area contributed by atoms with Crippen molar-refractivity contribution >= 4 is 31.7 Å². The topological polar surface area (TPSA) is 78.3 Å². The number of aromatic nitrogens is 2. The third-order valence-electron chi connectivity index (χ3n) is 4.48. The SMILES string of the molecule is Cc1ccc(S(=O)(=O)c2c(C)nn(C(C)(C)C)c2OC(=O)c2ccccc2Br)cc1. The van der Waals surface area contributed by atoms with Crippen LogP contribution in [0.25, 0.3) is 0 Å². The molecule has 8 heteroatoms. The van der Waals surface area contributed by atoms with Crippen LogP contribution in [0, 0.1) is 13.8 Å². The minimum atomic E-state index is -3.97. The summed E-state index contributed by atoms with van der Waals surface area (Å²) in [5, 5.41) is 4.41. The Balaban J connectivity index is 2.19. The van der Waals surface area contributed by atoms with E-state index < -0.39 is 21.3 Å². The first-order valence-corrected chi connectivity index (χ1v) is 11.6. The number of esters is 1. The van der Waals surface area contributed by atoms with E-state index in [4.69, 9.17) is 4.74 Å². The van der Waals surface area contributed by atoms with Gasteiger partial charge in [-0.1, -0.05) is 29.8 Å². The van der Waals surface area contributed by atoms with E-state index in [1.807, 2.05) is 27.7 Å². The number of rotatable bonds is 4. The second-order valence-electron chi connectivity index (χ2n) is 7.99.